The van der Waals surface area contributed by atoms with Gasteiger partial charge in [-0.1, -0.05) is 0 Å². The molecule has 1 N–H and O–H groups in total. The largest absolute Gasteiger partial charge is 0.478 e. The molecular formula is C12H19N3O3. The van der Waals surface area contributed by atoms with Gasteiger partial charge in [-0.2, -0.15) is 5.10 Å². The lowest BCUT2D eigenvalue weighted by Gasteiger charge is -2.13. The smallest absolute Gasteiger partial charge is 0.271 e. The van der Waals surface area contributed by atoms with Crippen LogP contribution < -0.4 is 10.1 Å². The minimum Gasteiger partial charge on any atom is -0.478 e. The Morgan fingerprint density at radius 1 is 1.67 bits per heavy atom. The zero-order valence-corrected chi connectivity index (χ0v) is 10.6. The van der Waals surface area contributed by atoms with E-state index in [9.17, 15) is 4.79 Å². The summed E-state index contributed by atoms with van der Waals surface area (Å²) in [6.07, 6.45) is 1.74. The van der Waals surface area contributed by atoms with E-state index in [1.807, 2.05) is 6.92 Å². The van der Waals surface area contributed by atoms with Crippen molar-refractivity contribution in [3.63, 3.8) is 0 Å². The highest BCUT2D eigenvalue weighted by atomic mass is 16.5. The molecule has 2 heterocycles. The Labute approximate surface area is 106 Å². The van der Waals surface area contributed by atoms with Crippen LogP contribution in [0.1, 0.15) is 30.3 Å². The summed E-state index contributed by atoms with van der Waals surface area (Å²) in [5, 5.41) is 7.03. The van der Waals surface area contributed by atoms with Gasteiger partial charge in [0.1, 0.15) is 0 Å². The van der Waals surface area contributed by atoms with E-state index in [2.05, 4.69) is 10.4 Å². The molecule has 1 amide bonds. The third-order valence-corrected chi connectivity index (χ3v) is 2.70. The van der Waals surface area contributed by atoms with Crippen molar-refractivity contribution in [2.24, 2.45) is 0 Å². The Morgan fingerprint density at radius 2 is 2.56 bits per heavy atom. The highest BCUT2D eigenvalue weighted by molar-refractivity contribution is 5.92. The topological polar surface area (TPSA) is 65.4 Å². The number of hydrogen-bond acceptors (Lipinski definition) is 4. The van der Waals surface area contributed by atoms with Gasteiger partial charge in [0.15, 0.2) is 5.69 Å². The quantitative estimate of drug-likeness (QED) is 0.762. The maximum Gasteiger partial charge on any atom is 0.271 e. The summed E-state index contributed by atoms with van der Waals surface area (Å²) in [7, 11) is 0. The molecule has 1 aromatic rings. The molecule has 0 aliphatic carbocycles. The van der Waals surface area contributed by atoms with Crippen LogP contribution >= 0.6 is 0 Å². The van der Waals surface area contributed by atoms with Gasteiger partial charge in [-0.3, -0.25) is 4.79 Å². The van der Waals surface area contributed by atoms with Gasteiger partial charge in [0.05, 0.1) is 6.61 Å². The molecule has 0 radical (unpaired) electrons. The number of ether oxygens (including phenoxy) is 2. The summed E-state index contributed by atoms with van der Waals surface area (Å²) in [6.45, 7) is 5.43. The lowest BCUT2D eigenvalue weighted by atomic mass is 10.3. The molecule has 1 aromatic heterocycles. The molecule has 18 heavy (non-hydrogen) atoms. The molecule has 2 rings (SSSR count). The lowest BCUT2D eigenvalue weighted by molar-refractivity contribution is 0.0938. The standard InChI is InChI=1S/C12H19N3O3/c1-2-17-7-3-5-13-12(16)10-9-11-15(14-10)6-4-8-18-11/h9H,2-8H2,1H3,(H,13,16). The molecule has 6 nitrogen and oxygen atoms in total. The van der Waals surface area contributed by atoms with Gasteiger partial charge in [-0.15, -0.1) is 0 Å². The Bertz CT molecular complexity index is 380. The van der Waals surface area contributed by atoms with Crippen molar-refractivity contribution in [2.45, 2.75) is 26.3 Å². The predicted molar refractivity (Wildman–Crippen MR) is 65.8 cm³/mol. The first-order valence-electron chi connectivity index (χ1n) is 6.38. The summed E-state index contributed by atoms with van der Waals surface area (Å²) in [5.74, 6) is 0.526. The number of rotatable bonds is 6. The summed E-state index contributed by atoms with van der Waals surface area (Å²) in [5.41, 5.74) is 0.420. The van der Waals surface area contributed by atoms with Crippen LogP contribution in [0.25, 0.3) is 0 Å². The van der Waals surface area contributed by atoms with Crippen molar-refractivity contribution >= 4 is 5.91 Å². The molecular weight excluding hydrogens is 234 g/mol. The maximum atomic E-state index is 11.8. The van der Waals surface area contributed by atoms with Gasteiger partial charge in [0.2, 0.25) is 5.88 Å². The first kappa shape index (κ1) is 12.9. The van der Waals surface area contributed by atoms with Crippen molar-refractivity contribution in [3.05, 3.63) is 11.8 Å². The van der Waals surface area contributed by atoms with Crippen molar-refractivity contribution in [2.75, 3.05) is 26.4 Å². The highest BCUT2D eigenvalue weighted by Gasteiger charge is 2.17. The van der Waals surface area contributed by atoms with Crippen LogP contribution in [0.4, 0.5) is 0 Å². The molecule has 1 aliphatic heterocycles. The van der Waals surface area contributed by atoms with Crippen molar-refractivity contribution in [1.82, 2.24) is 15.1 Å². The minimum absolute atomic E-state index is 0.156. The highest BCUT2D eigenvalue weighted by Crippen LogP contribution is 2.18. The zero-order chi connectivity index (χ0) is 12.8. The molecule has 1 aliphatic rings. The Morgan fingerprint density at radius 3 is 3.33 bits per heavy atom. The number of fused-ring (bicyclic) bond motifs is 1. The monoisotopic (exact) mass is 253 g/mol. The van der Waals surface area contributed by atoms with Gasteiger partial charge < -0.3 is 14.8 Å². The van der Waals surface area contributed by atoms with Crippen LogP contribution in [0.15, 0.2) is 6.07 Å². The van der Waals surface area contributed by atoms with Crippen LogP contribution in [0, 0.1) is 0 Å². The van der Waals surface area contributed by atoms with Crippen LogP contribution in [-0.2, 0) is 11.3 Å². The van der Waals surface area contributed by atoms with Gasteiger partial charge >= 0.3 is 0 Å². The lowest BCUT2D eigenvalue weighted by Crippen LogP contribution is -2.26. The van der Waals surface area contributed by atoms with Crippen molar-refractivity contribution in [3.8, 4) is 5.88 Å². The third-order valence-electron chi connectivity index (χ3n) is 2.70. The van der Waals surface area contributed by atoms with E-state index >= 15 is 0 Å². The van der Waals surface area contributed by atoms with E-state index in [1.54, 1.807) is 10.7 Å². The fourth-order valence-electron chi connectivity index (χ4n) is 1.79. The molecule has 0 unspecified atom stereocenters. The van der Waals surface area contributed by atoms with Gasteiger partial charge in [0, 0.05) is 38.8 Å². The van der Waals surface area contributed by atoms with Gasteiger partial charge in [-0.05, 0) is 13.3 Å². The molecule has 0 saturated heterocycles. The third kappa shape index (κ3) is 3.22. The first-order valence-corrected chi connectivity index (χ1v) is 6.38. The van der Waals surface area contributed by atoms with Crippen molar-refractivity contribution in [1.29, 1.82) is 0 Å². The Kier molecular flexibility index (Phi) is 4.58. The van der Waals surface area contributed by atoms with E-state index < -0.39 is 0 Å². The Hall–Kier alpha value is -1.56. The van der Waals surface area contributed by atoms with Crippen LogP contribution in [0.3, 0.4) is 0 Å². The molecule has 0 aromatic carbocycles. The van der Waals surface area contributed by atoms with E-state index in [4.69, 9.17) is 9.47 Å². The van der Waals surface area contributed by atoms with E-state index in [-0.39, 0.29) is 5.91 Å². The molecule has 6 heteroatoms. The van der Waals surface area contributed by atoms with Gasteiger partial charge in [-0.25, -0.2) is 4.68 Å². The number of nitrogens with one attached hydrogen (secondary N) is 1. The summed E-state index contributed by atoms with van der Waals surface area (Å²) in [6, 6.07) is 1.69. The number of nitrogens with zero attached hydrogens (tertiary/aromatic N) is 2. The zero-order valence-electron chi connectivity index (χ0n) is 10.6. The number of aromatic nitrogens is 2. The predicted octanol–water partition coefficient (Wildman–Crippen LogP) is 0.822. The van der Waals surface area contributed by atoms with Gasteiger partial charge in [0.25, 0.3) is 5.91 Å². The second-order valence-corrected chi connectivity index (χ2v) is 4.10. The number of amides is 1. The average Bonchev–Trinajstić information content (AvgIpc) is 2.82. The van der Waals surface area contributed by atoms with E-state index in [1.165, 1.54) is 0 Å². The van der Waals surface area contributed by atoms with Crippen molar-refractivity contribution < 1.29 is 14.3 Å². The molecule has 0 atom stereocenters. The van der Waals surface area contributed by atoms with E-state index in [0.717, 1.165) is 19.4 Å². The number of carbonyl (C=O) groups excluding carboxylic acids is 1. The molecule has 0 bridgehead atoms. The van der Waals surface area contributed by atoms with Crippen LogP contribution in [0.5, 0.6) is 5.88 Å². The van der Waals surface area contributed by atoms with Crippen LogP contribution in [-0.4, -0.2) is 42.1 Å². The molecule has 100 valence electrons. The number of aryl methyl sites for hydroxylation is 1. The average molecular weight is 253 g/mol. The molecule has 0 fully saturated rings. The number of hydrogen-bond donors (Lipinski definition) is 1. The maximum absolute atomic E-state index is 11.8. The summed E-state index contributed by atoms with van der Waals surface area (Å²) >= 11 is 0. The first-order chi connectivity index (χ1) is 8.81. The summed E-state index contributed by atoms with van der Waals surface area (Å²) in [4.78, 5) is 11.8. The van der Waals surface area contributed by atoms with Crippen LogP contribution in [0.2, 0.25) is 0 Å². The fraction of sp³-hybridized carbons (Fsp3) is 0.667. The number of carbonyl (C=O) groups is 1. The SMILES string of the molecule is CCOCCCNC(=O)c1cc2n(n1)CCCO2. The normalized spacial score (nSPS) is 13.8. The fourth-order valence-corrected chi connectivity index (χ4v) is 1.79. The molecule has 0 spiro atoms. The van der Waals surface area contributed by atoms with E-state index in [0.29, 0.717) is 37.9 Å². The molecule has 0 saturated carbocycles. The summed E-state index contributed by atoms with van der Waals surface area (Å²) < 4.78 is 12.3. The Balaban J connectivity index is 1.80. The second kappa shape index (κ2) is 6.39. The second-order valence-electron chi connectivity index (χ2n) is 4.10. The minimum atomic E-state index is -0.156.